The van der Waals surface area contributed by atoms with Crippen LogP contribution in [0.3, 0.4) is 0 Å². The molecule has 2 nitrogen and oxygen atoms in total. The molecule has 1 aromatic carbocycles. The Labute approximate surface area is 80.0 Å². The zero-order valence-electron chi connectivity index (χ0n) is 6.79. The van der Waals surface area contributed by atoms with E-state index in [2.05, 4.69) is 15.9 Å². The standard InChI is InChI=1S/C9H11BrO2/c1-6(5-11)7-2-3-9(12)8(10)4-7/h2-4,6,11-12H,5H2,1H3. The van der Waals surface area contributed by atoms with Crippen molar-refractivity contribution in [3.63, 3.8) is 0 Å². The van der Waals surface area contributed by atoms with Crippen LogP contribution in [-0.2, 0) is 0 Å². The summed E-state index contributed by atoms with van der Waals surface area (Å²) in [5.41, 5.74) is 1.02. The molecule has 0 fully saturated rings. The summed E-state index contributed by atoms with van der Waals surface area (Å²) >= 11 is 3.21. The lowest BCUT2D eigenvalue weighted by Crippen LogP contribution is -1.98. The Morgan fingerprint density at radius 2 is 2.17 bits per heavy atom. The summed E-state index contributed by atoms with van der Waals surface area (Å²) in [5.74, 6) is 0.339. The summed E-state index contributed by atoms with van der Waals surface area (Å²) in [5, 5.41) is 18.1. The molecule has 1 unspecified atom stereocenters. The van der Waals surface area contributed by atoms with Gasteiger partial charge in [-0.05, 0) is 33.6 Å². The third kappa shape index (κ3) is 1.99. The highest BCUT2D eigenvalue weighted by molar-refractivity contribution is 9.10. The number of halogens is 1. The quantitative estimate of drug-likeness (QED) is 0.819. The Hall–Kier alpha value is -0.540. The van der Waals surface area contributed by atoms with Gasteiger partial charge in [0.15, 0.2) is 0 Å². The summed E-state index contributed by atoms with van der Waals surface area (Å²) in [7, 11) is 0. The molecule has 0 amide bonds. The number of hydrogen-bond acceptors (Lipinski definition) is 2. The van der Waals surface area contributed by atoms with Crippen LogP contribution < -0.4 is 0 Å². The first-order valence-electron chi connectivity index (χ1n) is 3.74. The molecule has 0 bridgehead atoms. The van der Waals surface area contributed by atoms with Gasteiger partial charge in [0.1, 0.15) is 5.75 Å². The van der Waals surface area contributed by atoms with Crippen LogP contribution in [-0.4, -0.2) is 16.8 Å². The van der Waals surface area contributed by atoms with Crippen LogP contribution in [0.15, 0.2) is 22.7 Å². The average molecular weight is 231 g/mol. The van der Waals surface area contributed by atoms with Crippen molar-refractivity contribution in [2.75, 3.05) is 6.61 Å². The van der Waals surface area contributed by atoms with E-state index < -0.39 is 0 Å². The fraction of sp³-hybridized carbons (Fsp3) is 0.333. The van der Waals surface area contributed by atoms with E-state index in [1.165, 1.54) is 0 Å². The predicted molar refractivity (Wildman–Crippen MR) is 51.3 cm³/mol. The molecule has 12 heavy (non-hydrogen) atoms. The smallest absolute Gasteiger partial charge is 0.129 e. The zero-order chi connectivity index (χ0) is 9.14. The maximum Gasteiger partial charge on any atom is 0.129 e. The summed E-state index contributed by atoms with van der Waals surface area (Å²) < 4.78 is 0.667. The molecule has 0 saturated carbocycles. The molecular formula is C9H11BrO2. The van der Waals surface area contributed by atoms with Crippen LogP contribution in [0.5, 0.6) is 5.75 Å². The molecule has 0 aliphatic heterocycles. The van der Waals surface area contributed by atoms with Gasteiger partial charge < -0.3 is 10.2 Å². The molecule has 3 heteroatoms. The van der Waals surface area contributed by atoms with Gasteiger partial charge in [-0.2, -0.15) is 0 Å². The van der Waals surface area contributed by atoms with Gasteiger partial charge in [-0.25, -0.2) is 0 Å². The van der Waals surface area contributed by atoms with Crippen molar-refractivity contribution in [1.82, 2.24) is 0 Å². The minimum absolute atomic E-state index is 0.113. The highest BCUT2D eigenvalue weighted by atomic mass is 79.9. The molecule has 1 rings (SSSR count). The van der Waals surface area contributed by atoms with Crippen LogP contribution in [0.25, 0.3) is 0 Å². The van der Waals surface area contributed by atoms with Crippen molar-refractivity contribution >= 4 is 15.9 Å². The second-order valence-electron chi connectivity index (χ2n) is 2.79. The van der Waals surface area contributed by atoms with Crippen LogP contribution in [0, 0.1) is 0 Å². The minimum atomic E-state index is 0.113. The van der Waals surface area contributed by atoms with Gasteiger partial charge in [0.25, 0.3) is 0 Å². The number of benzene rings is 1. The van der Waals surface area contributed by atoms with Gasteiger partial charge in [-0.3, -0.25) is 0 Å². The third-order valence-corrected chi connectivity index (χ3v) is 2.45. The van der Waals surface area contributed by atoms with Crippen LogP contribution in [0.1, 0.15) is 18.4 Å². The summed E-state index contributed by atoms with van der Waals surface area (Å²) in [6.07, 6.45) is 0. The maximum atomic E-state index is 9.19. The SMILES string of the molecule is CC(CO)c1ccc(O)c(Br)c1. The van der Waals surface area contributed by atoms with E-state index >= 15 is 0 Å². The van der Waals surface area contributed by atoms with Gasteiger partial charge in [0.05, 0.1) is 4.47 Å². The molecular weight excluding hydrogens is 220 g/mol. The highest BCUT2D eigenvalue weighted by Gasteiger charge is 2.05. The monoisotopic (exact) mass is 230 g/mol. The van der Waals surface area contributed by atoms with Crippen molar-refractivity contribution in [1.29, 1.82) is 0 Å². The Morgan fingerprint density at radius 1 is 1.50 bits per heavy atom. The zero-order valence-corrected chi connectivity index (χ0v) is 8.37. The predicted octanol–water partition coefficient (Wildman–Crippen LogP) is 2.25. The molecule has 0 heterocycles. The number of rotatable bonds is 2. The van der Waals surface area contributed by atoms with Crippen LogP contribution in [0.2, 0.25) is 0 Å². The second kappa shape index (κ2) is 3.92. The number of phenols is 1. The molecule has 66 valence electrons. The van der Waals surface area contributed by atoms with E-state index in [0.717, 1.165) is 5.56 Å². The number of aliphatic hydroxyl groups excluding tert-OH is 1. The second-order valence-corrected chi connectivity index (χ2v) is 3.65. The molecule has 0 aromatic heterocycles. The number of aromatic hydroxyl groups is 1. The molecule has 1 aromatic rings. The number of hydrogen-bond donors (Lipinski definition) is 2. The molecule has 1 atom stereocenters. The van der Waals surface area contributed by atoms with Gasteiger partial charge in [0, 0.05) is 12.5 Å². The fourth-order valence-corrected chi connectivity index (χ4v) is 1.33. The van der Waals surface area contributed by atoms with E-state index in [9.17, 15) is 5.11 Å². The molecule has 0 spiro atoms. The molecule has 0 radical (unpaired) electrons. The van der Waals surface area contributed by atoms with Crippen molar-refractivity contribution in [2.45, 2.75) is 12.8 Å². The van der Waals surface area contributed by atoms with Crippen molar-refractivity contribution < 1.29 is 10.2 Å². The van der Waals surface area contributed by atoms with Crippen LogP contribution >= 0.6 is 15.9 Å². The summed E-state index contributed by atoms with van der Waals surface area (Å²) in [6.45, 7) is 2.05. The van der Waals surface area contributed by atoms with Crippen molar-refractivity contribution in [3.05, 3.63) is 28.2 Å². The normalized spacial score (nSPS) is 12.9. The Bertz CT molecular complexity index is 273. The maximum absolute atomic E-state index is 9.19. The summed E-state index contributed by atoms with van der Waals surface area (Å²) in [6, 6.07) is 5.24. The van der Waals surface area contributed by atoms with E-state index in [0.29, 0.717) is 4.47 Å². The first-order valence-corrected chi connectivity index (χ1v) is 4.53. The van der Waals surface area contributed by atoms with Gasteiger partial charge in [-0.15, -0.1) is 0 Å². The summed E-state index contributed by atoms with van der Waals surface area (Å²) in [4.78, 5) is 0. The van der Waals surface area contributed by atoms with E-state index in [1.54, 1.807) is 12.1 Å². The minimum Gasteiger partial charge on any atom is -0.507 e. The van der Waals surface area contributed by atoms with Crippen LogP contribution in [0.4, 0.5) is 0 Å². The third-order valence-electron chi connectivity index (χ3n) is 1.81. The van der Waals surface area contributed by atoms with Gasteiger partial charge >= 0.3 is 0 Å². The van der Waals surface area contributed by atoms with E-state index in [4.69, 9.17) is 5.11 Å². The largest absolute Gasteiger partial charge is 0.507 e. The lowest BCUT2D eigenvalue weighted by Gasteiger charge is -2.08. The molecule has 0 saturated heterocycles. The Balaban J connectivity index is 2.96. The molecule has 0 aliphatic rings. The van der Waals surface area contributed by atoms with Crippen molar-refractivity contribution in [2.24, 2.45) is 0 Å². The van der Waals surface area contributed by atoms with Gasteiger partial charge in [0.2, 0.25) is 0 Å². The first-order chi connectivity index (χ1) is 5.65. The van der Waals surface area contributed by atoms with E-state index in [1.807, 2.05) is 13.0 Å². The fourth-order valence-electron chi connectivity index (χ4n) is 0.935. The number of phenolic OH excluding ortho intramolecular Hbond substituents is 1. The first kappa shape index (κ1) is 9.55. The molecule has 0 aliphatic carbocycles. The topological polar surface area (TPSA) is 40.5 Å². The lowest BCUT2D eigenvalue weighted by atomic mass is 10.0. The number of aliphatic hydroxyl groups is 1. The lowest BCUT2D eigenvalue weighted by molar-refractivity contribution is 0.273. The Morgan fingerprint density at radius 3 is 2.67 bits per heavy atom. The van der Waals surface area contributed by atoms with E-state index in [-0.39, 0.29) is 18.3 Å². The Kier molecular flexibility index (Phi) is 3.12. The van der Waals surface area contributed by atoms with Gasteiger partial charge in [-0.1, -0.05) is 13.0 Å². The average Bonchev–Trinajstić information content (AvgIpc) is 2.08. The van der Waals surface area contributed by atoms with Crippen molar-refractivity contribution in [3.8, 4) is 5.75 Å². The molecule has 2 N–H and O–H groups in total. The highest BCUT2D eigenvalue weighted by Crippen LogP contribution is 2.27.